The molecule has 0 saturated carbocycles. The fourth-order valence-corrected chi connectivity index (χ4v) is 3.23. The van der Waals surface area contributed by atoms with E-state index in [0.717, 1.165) is 11.3 Å². The minimum absolute atomic E-state index is 0.0474. The van der Waals surface area contributed by atoms with Crippen molar-refractivity contribution >= 4 is 17.1 Å². The highest BCUT2D eigenvalue weighted by Gasteiger charge is 2.25. The van der Waals surface area contributed by atoms with Crippen LogP contribution in [-0.2, 0) is 0 Å². The van der Waals surface area contributed by atoms with Gasteiger partial charge < -0.3 is 14.8 Å². The molecule has 1 aromatic heterocycles. The van der Waals surface area contributed by atoms with E-state index in [0.29, 0.717) is 23.6 Å². The first-order valence-corrected chi connectivity index (χ1v) is 8.54. The van der Waals surface area contributed by atoms with Crippen LogP contribution >= 0.6 is 0 Å². The van der Waals surface area contributed by atoms with Crippen LogP contribution in [0.15, 0.2) is 68.8 Å². The summed E-state index contributed by atoms with van der Waals surface area (Å²) >= 11 is 0. The Morgan fingerprint density at radius 2 is 1.93 bits per heavy atom. The first kappa shape index (κ1) is 17.0. The van der Waals surface area contributed by atoms with Gasteiger partial charge in [-0.1, -0.05) is 24.3 Å². The number of halogens is 1. The zero-order valence-corrected chi connectivity index (χ0v) is 14.6. The summed E-state index contributed by atoms with van der Waals surface area (Å²) < 4.78 is 18.5. The molecule has 1 aliphatic rings. The van der Waals surface area contributed by atoms with E-state index in [4.69, 9.17) is 4.42 Å². The maximum Gasteiger partial charge on any atom is 0.348 e. The highest BCUT2D eigenvalue weighted by Crippen LogP contribution is 2.36. The molecule has 2 heterocycles. The fraction of sp³-hybridized carbons (Fsp3) is 0.143. The lowest BCUT2D eigenvalue weighted by molar-refractivity contribution is 0.432. The molecule has 2 aromatic carbocycles. The van der Waals surface area contributed by atoms with E-state index in [1.54, 1.807) is 19.1 Å². The van der Waals surface area contributed by atoms with Gasteiger partial charge in [0.25, 0.3) is 0 Å². The molecule has 0 amide bonds. The molecule has 1 unspecified atom stereocenters. The van der Waals surface area contributed by atoms with Gasteiger partial charge in [-0.2, -0.15) is 0 Å². The van der Waals surface area contributed by atoms with Crippen LogP contribution in [0.5, 0.6) is 5.75 Å². The van der Waals surface area contributed by atoms with Crippen molar-refractivity contribution in [2.45, 2.75) is 19.4 Å². The van der Waals surface area contributed by atoms with Crippen LogP contribution in [0.25, 0.3) is 0 Å². The Hall–Kier alpha value is -3.41. The van der Waals surface area contributed by atoms with E-state index >= 15 is 0 Å². The number of aromatic hydroxyl groups is 1. The zero-order valence-electron chi connectivity index (χ0n) is 14.6. The van der Waals surface area contributed by atoms with Gasteiger partial charge in [-0.05, 0) is 36.8 Å². The number of nitrogens with zero attached hydrogens (tertiary/aromatic N) is 1. The maximum atomic E-state index is 13.3. The van der Waals surface area contributed by atoms with Crippen molar-refractivity contribution in [3.63, 3.8) is 0 Å². The number of aryl methyl sites for hydroxylation is 1. The van der Waals surface area contributed by atoms with E-state index in [1.807, 2.05) is 24.3 Å². The molecule has 2 N–H and O–H groups in total. The summed E-state index contributed by atoms with van der Waals surface area (Å²) in [7, 11) is 0. The minimum Gasteiger partial charge on any atom is -0.507 e. The normalized spacial score (nSPS) is 16.1. The Balaban J connectivity index is 1.86. The molecule has 136 valence electrons. The van der Waals surface area contributed by atoms with Crippen LogP contribution in [0.2, 0.25) is 0 Å². The number of aliphatic imine (C=N–C) groups is 1. The summed E-state index contributed by atoms with van der Waals surface area (Å²) in [6, 6.07) is 14.7. The molecule has 0 radical (unpaired) electrons. The molecule has 0 saturated heterocycles. The van der Waals surface area contributed by atoms with Gasteiger partial charge >= 0.3 is 5.63 Å². The number of rotatable bonds is 2. The lowest BCUT2D eigenvalue weighted by atomic mass is 9.97. The highest BCUT2D eigenvalue weighted by atomic mass is 19.1. The molecule has 6 heteroatoms. The molecule has 0 aliphatic carbocycles. The van der Waals surface area contributed by atoms with E-state index in [2.05, 4.69) is 10.3 Å². The minimum atomic E-state index is -0.636. The molecule has 5 nitrogen and oxygen atoms in total. The number of nitrogens with one attached hydrogen (secondary N) is 1. The van der Waals surface area contributed by atoms with E-state index in [1.165, 1.54) is 18.2 Å². The summed E-state index contributed by atoms with van der Waals surface area (Å²) in [4.78, 5) is 17.0. The number of benzene rings is 2. The van der Waals surface area contributed by atoms with Crippen molar-refractivity contribution in [2.24, 2.45) is 4.99 Å². The first-order valence-electron chi connectivity index (χ1n) is 8.54. The van der Waals surface area contributed by atoms with Gasteiger partial charge in [0.1, 0.15) is 22.9 Å². The van der Waals surface area contributed by atoms with E-state index < -0.39 is 5.63 Å². The molecule has 0 bridgehead atoms. The van der Waals surface area contributed by atoms with Crippen molar-refractivity contribution < 1.29 is 13.9 Å². The third kappa shape index (κ3) is 3.33. The molecular weight excluding hydrogens is 347 g/mol. The average molecular weight is 364 g/mol. The number of hydrogen-bond donors (Lipinski definition) is 2. The van der Waals surface area contributed by atoms with Gasteiger partial charge in [-0.25, -0.2) is 9.18 Å². The van der Waals surface area contributed by atoms with E-state index in [9.17, 15) is 14.3 Å². The lowest BCUT2D eigenvalue weighted by Crippen LogP contribution is -2.20. The van der Waals surface area contributed by atoms with Crippen molar-refractivity contribution in [1.29, 1.82) is 0 Å². The van der Waals surface area contributed by atoms with Crippen LogP contribution in [0.1, 0.15) is 29.3 Å². The number of para-hydroxylation sites is 2. The Morgan fingerprint density at radius 1 is 1.19 bits per heavy atom. The van der Waals surface area contributed by atoms with Crippen LogP contribution in [-0.4, -0.2) is 10.8 Å². The van der Waals surface area contributed by atoms with Crippen molar-refractivity contribution in [3.8, 4) is 5.75 Å². The Bertz CT molecular complexity index is 1090. The zero-order chi connectivity index (χ0) is 19.0. The number of hydrogen-bond acceptors (Lipinski definition) is 5. The van der Waals surface area contributed by atoms with Crippen LogP contribution in [0.3, 0.4) is 0 Å². The van der Waals surface area contributed by atoms with Gasteiger partial charge in [0.2, 0.25) is 0 Å². The van der Waals surface area contributed by atoms with Gasteiger partial charge in [-0.15, -0.1) is 0 Å². The fourth-order valence-electron chi connectivity index (χ4n) is 3.23. The summed E-state index contributed by atoms with van der Waals surface area (Å²) in [5.41, 5.74) is 2.11. The SMILES string of the molecule is Cc1cc(O)c(C2=Nc3ccccc3NC(c3ccc(F)cc3)C2)c(=O)o1. The van der Waals surface area contributed by atoms with Crippen LogP contribution < -0.4 is 10.9 Å². The van der Waals surface area contributed by atoms with Crippen molar-refractivity contribution in [1.82, 2.24) is 0 Å². The summed E-state index contributed by atoms with van der Waals surface area (Å²) in [5, 5.41) is 13.7. The Labute approximate surface area is 154 Å². The Kier molecular flexibility index (Phi) is 4.24. The van der Waals surface area contributed by atoms with Gasteiger partial charge in [-0.3, -0.25) is 4.99 Å². The van der Waals surface area contributed by atoms with Crippen LogP contribution in [0, 0.1) is 12.7 Å². The smallest absolute Gasteiger partial charge is 0.348 e. The number of fused-ring (bicyclic) bond motifs is 1. The Morgan fingerprint density at radius 3 is 2.67 bits per heavy atom. The van der Waals surface area contributed by atoms with Crippen LogP contribution in [0.4, 0.5) is 15.8 Å². The van der Waals surface area contributed by atoms with Gasteiger partial charge in [0, 0.05) is 12.5 Å². The third-order valence-corrected chi connectivity index (χ3v) is 4.50. The topological polar surface area (TPSA) is 74.8 Å². The standard InChI is InChI=1S/C21H17FN2O3/c1-12-10-19(25)20(21(26)27-12)18-11-17(13-6-8-14(22)9-7-13)23-15-4-2-3-5-16(15)24-18/h2-10,17,23,25H,11H2,1H3. The first-order chi connectivity index (χ1) is 13.0. The summed E-state index contributed by atoms with van der Waals surface area (Å²) in [6.45, 7) is 1.60. The van der Waals surface area contributed by atoms with Crippen molar-refractivity contribution in [2.75, 3.05) is 5.32 Å². The lowest BCUT2D eigenvalue weighted by Gasteiger charge is -2.19. The molecule has 4 rings (SSSR count). The third-order valence-electron chi connectivity index (χ3n) is 4.50. The second-order valence-corrected chi connectivity index (χ2v) is 6.43. The molecule has 3 aromatic rings. The molecule has 27 heavy (non-hydrogen) atoms. The predicted molar refractivity (Wildman–Crippen MR) is 101 cm³/mol. The summed E-state index contributed by atoms with van der Waals surface area (Å²) in [5.74, 6) is -0.165. The molecule has 0 spiro atoms. The molecule has 1 atom stereocenters. The number of anilines is 1. The summed E-state index contributed by atoms with van der Waals surface area (Å²) in [6.07, 6.45) is 0.321. The van der Waals surface area contributed by atoms with Crippen molar-refractivity contribution in [3.05, 3.63) is 87.7 Å². The molecule has 0 fully saturated rings. The highest BCUT2D eigenvalue weighted by molar-refractivity contribution is 6.05. The second-order valence-electron chi connectivity index (χ2n) is 6.43. The largest absolute Gasteiger partial charge is 0.507 e. The maximum absolute atomic E-state index is 13.3. The average Bonchev–Trinajstić information content (AvgIpc) is 2.81. The quantitative estimate of drug-likeness (QED) is 0.703. The van der Waals surface area contributed by atoms with Gasteiger partial charge in [0.15, 0.2) is 0 Å². The second kappa shape index (κ2) is 6.72. The predicted octanol–water partition coefficient (Wildman–Crippen LogP) is 4.47. The van der Waals surface area contributed by atoms with Gasteiger partial charge in [0.05, 0.1) is 23.1 Å². The molecule has 1 aliphatic heterocycles. The molecular formula is C21H17FN2O3. The van der Waals surface area contributed by atoms with E-state index in [-0.39, 0.29) is 23.2 Å². The monoisotopic (exact) mass is 364 g/mol.